The van der Waals surface area contributed by atoms with Crippen LogP contribution in [-0.4, -0.2) is 67.7 Å². The van der Waals surface area contributed by atoms with E-state index in [4.69, 9.17) is 4.98 Å². The molecule has 0 N–H and O–H groups in total. The van der Waals surface area contributed by atoms with E-state index >= 15 is 0 Å². The summed E-state index contributed by atoms with van der Waals surface area (Å²) >= 11 is 0. The molecule has 8 nitrogen and oxygen atoms in total. The molecule has 178 valence electrons. The Morgan fingerprint density at radius 1 is 0.824 bits per heavy atom. The van der Waals surface area contributed by atoms with Gasteiger partial charge in [0, 0.05) is 50.5 Å². The number of piperidine rings is 1. The van der Waals surface area contributed by atoms with Gasteiger partial charge in [0.25, 0.3) is 0 Å². The highest BCUT2D eigenvalue weighted by atomic mass is 32.2. The number of benzene rings is 2. The number of carbonyl (C=O) groups is 1. The third-order valence-corrected chi connectivity index (χ3v) is 8.59. The number of ketones is 1. The Morgan fingerprint density at radius 3 is 2.18 bits per heavy atom. The van der Waals surface area contributed by atoms with Crippen molar-refractivity contribution >= 4 is 38.3 Å². The van der Waals surface area contributed by atoms with Crippen LogP contribution in [0.3, 0.4) is 0 Å². The maximum Gasteiger partial charge on any atom is 0.243 e. The van der Waals surface area contributed by atoms with Gasteiger partial charge < -0.3 is 9.80 Å². The molecule has 2 aliphatic rings. The summed E-state index contributed by atoms with van der Waals surface area (Å²) in [5.74, 6) is 0.869. The number of carbonyl (C=O) groups excluding carboxylic acids is 1. The van der Waals surface area contributed by atoms with E-state index in [1.54, 1.807) is 35.6 Å². The van der Waals surface area contributed by atoms with Gasteiger partial charge in [-0.3, -0.25) is 9.78 Å². The number of aromatic nitrogens is 2. The van der Waals surface area contributed by atoms with Crippen LogP contribution in [0.2, 0.25) is 0 Å². The quantitative estimate of drug-likeness (QED) is 0.519. The molecule has 2 saturated heterocycles. The third-order valence-electron chi connectivity index (χ3n) is 6.70. The van der Waals surface area contributed by atoms with Crippen LogP contribution in [0.5, 0.6) is 0 Å². The van der Waals surface area contributed by atoms with E-state index in [-0.39, 0.29) is 10.7 Å². The van der Waals surface area contributed by atoms with Gasteiger partial charge in [0.15, 0.2) is 5.78 Å². The van der Waals surface area contributed by atoms with E-state index in [1.165, 1.54) is 0 Å². The summed E-state index contributed by atoms with van der Waals surface area (Å²) < 4.78 is 27.6. The van der Waals surface area contributed by atoms with Crippen LogP contribution in [-0.2, 0) is 10.0 Å². The summed E-state index contributed by atoms with van der Waals surface area (Å²) in [5, 5.41) is 0. The van der Waals surface area contributed by atoms with E-state index in [1.807, 2.05) is 24.3 Å². The number of Topliss-reactive ketones (excluding diaryl/α,β-unsaturated/α-hetero) is 1. The van der Waals surface area contributed by atoms with Crippen LogP contribution >= 0.6 is 0 Å². The lowest BCUT2D eigenvalue weighted by atomic mass is 10.1. The Kier molecular flexibility index (Phi) is 6.22. The first-order valence-corrected chi connectivity index (χ1v) is 13.2. The molecule has 0 radical (unpaired) electrons. The first-order chi connectivity index (χ1) is 16.4. The van der Waals surface area contributed by atoms with E-state index < -0.39 is 10.0 Å². The summed E-state index contributed by atoms with van der Waals surface area (Å²) in [6.45, 7) is 6.02. The summed E-state index contributed by atoms with van der Waals surface area (Å²) in [4.78, 5) is 25.6. The minimum absolute atomic E-state index is 0.0717. The zero-order chi connectivity index (χ0) is 23.7. The zero-order valence-corrected chi connectivity index (χ0v) is 20.2. The summed E-state index contributed by atoms with van der Waals surface area (Å²) in [7, 11) is -3.49. The van der Waals surface area contributed by atoms with Crippen LogP contribution in [0.15, 0.2) is 53.6 Å². The topological polar surface area (TPSA) is 86.7 Å². The third kappa shape index (κ3) is 4.50. The first-order valence-electron chi connectivity index (χ1n) is 11.8. The predicted molar refractivity (Wildman–Crippen MR) is 133 cm³/mol. The van der Waals surface area contributed by atoms with Crippen molar-refractivity contribution in [3.63, 3.8) is 0 Å². The molecule has 0 amide bonds. The highest BCUT2D eigenvalue weighted by Gasteiger charge is 2.26. The number of fused-ring (bicyclic) bond motifs is 1. The molecule has 3 aromatic rings. The molecule has 0 saturated carbocycles. The Balaban J connectivity index is 1.28. The Labute approximate surface area is 200 Å². The molecule has 5 rings (SSSR count). The lowest BCUT2D eigenvalue weighted by molar-refractivity contribution is 0.101. The predicted octanol–water partition coefficient (Wildman–Crippen LogP) is 3.33. The lowest BCUT2D eigenvalue weighted by Crippen LogP contribution is -2.46. The molecule has 2 aliphatic heterocycles. The smallest absolute Gasteiger partial charge is 0.243 e. The maximum absolute atomic E-state index is 13.0. The monoisotopic (exact) mass is 479 g/mol. The van der Waals surface area contributed by atoms with Crippen molar-refractivity contribution in [2.45, 2.75) is 31.1 Å². The first kappa shape index (κ1) is 22.7. The second-order valence-corrected chi connectivity index (χ2v) is 10.9. The van der Waals surface area contributed by atoms with Crippen molar-refractivity contribution in [3.05, 3.63) is 54.2 Å². The fourth-order valence-corrected chi connectivity index (χ4v) is 6.19. The van der Waals surface area contributed by atoms with E-state index in [0.717, 1.165) is 62.5 Å². The molecule has 34 heavy (non-hydrogen) atoms. The summed E-state index contributed by atoms with van der Waals surface area (Å²) in [5.41, 5.74) is 3.11. The fourth-order valence-electron chi connectivity index (χ4n) is 4.65. The Morgan fingerprint density at radius 2 is 1.50 bits per heavy atom. The molecule has 0 aliphatic carbocycles. The molecule has 2 fully saturated rings. The van der Waals surface area contributed by atoms with Crippen LogP contribution in [0.4, 0.5) is 11.5 Å². The van der Waals surface area contributed by atoms with Crippen LogP contribution in [0, 0.1) is 0 Å². The van der Waals surface area contributed by atoms with E-state index in [9.17, 15) is 13.2 Å². The zero-order valence-electron chi connectivity index (χ0n) is 19.4. The van der Waals surface area contributed by atoms with E-state index in [0.29, 0.717) is 24.1 Å². The molecule has 3 heterocycles. The average molecular weight is 480 g/mol. The Hall–Kier alpha value is -3.04. The Bertz CT molecular complexity index is 1300. The molecular formula is C25H29N5O3S. The van der Waals surface area contributed by atoms with Gasteiger partial charge >= 0.3 is 0 Å². The maximum atomic E-state index is 13.0. The van der Waals surface area contributed by atoms with Crippen LogP contribution in [0.1, 0.15) is 36.5 Å². The van der Waals surface area contributed by atoms with Gasteiger partial charge in [-0.1, -0.05) is 6.42 Å². The fraction of sp³-hybridized carbons (Fsp3) is 0.400. The van der Waals surface area contributed by atoms with Crippen molar-refractivity contribution in [1.82, 2.24) is 14.3 Å². The number of nitrogens with zero attached hydrogens (tertiary/aromatic N) is 5. The SMILES string of the molecule is CC(=O)c1ccc(N2CCN(c3cnc4cc(S(=O)(=O)N5CCCCC5)ccc4n3)CC2)cc1. The summed E-state index contributed by atoms with van der Waals surface area (Å²) in [6.07, 6.45) is 4.63. The summed E-state index contributed by atoms with van der Waals surface area (Å²) in [6, 6.07) is 12.8. The molecular weight excluding hydrogens is 450 g/mol. The molecule has 0 atom stereocenters. The number of sulfonamides is 1. The average Bonchev–Trinajstić information content (AvgIpc) is 2.88. The highest BCUT2D eigenvalue weighted by molar-refractivity contribution is 7.89. The molecule has 2 aromatic carbocycles. The standard InChI is InChI=1S/C25H29N5O3S/c1-19(31)20-5-7-21(8-6-20)28-13-15-29(16-14-28)25-18-26-24-17-22(9-10-23(24)27-25)34(32,33)30-11-3-2-4-12-30/h5-10,17-18H,2-4,11-16H2,1H3. The van der Waals surface area contributed by atoms with Crippen molar-refractivity contribution in [2.75, 3.05) is 49.1 Å². The van der Waals surface area contributed by atoms with Gasteiger partial charge in [-0.05, 0) is 62.2 Å². The minimum Gasteiger partial charge on any atom is -0.368 e. The molecule has 0 unspecified atom stereocenters. The lowest BCUT2D eigenvalue weighted by Gasteiger charge is -2.36. The van der Waals surface area contributed by atoms with E-state index in [2.05, 4.69) is 14.8 Å². The normalized spacial score (nSPS) is 17.8. The molecule has 9 heteroatoms. The van der Waals surface area contributed by atoms with Gasteiger partial charge in [0.05, 0.1) is 22.1 Å². The van der Waals surface area contributed by atoms with Gasteiger partial charge in [0.2, 0.25) is 10.0 Å². The molecule has 0 spiro atoms. The number of piperazine rings is 1. The van der Waals surface area contributed by atoms with Crippen molar-refractivity contribution in [2.24, 2.45) is 0 Å². The molecule has 0 bridgehead atoms. The van der Waals surface area contributed by atoms with Gasteiger partial charge in [0.1, 0.15) is 5.82 Å². The highest BCUT2D eigenvalue weighted by Crippen LogP contribution is 2.25. The number of anilines is 2. The van der Waals surface area contributed by atoms with Crippen LogP contribution < -0.4 is 9.80 Å². The largest absolute Gasteiger partial charge is 0.368 e. The van der Waals surface area contributed by atoms with Crippen molar-refractivity contribution < 1.29 is 13.2 Å². The minimum atomic E-state index is -3.49. The number of rotatable bonds is 5. The van der Waals surface area contributed by atoms with Gasteiger partial charge in [-0.25, -0.2) is 13.4 Å². The number of hydrogen-bond acceptors (Lipinski definition) is 7. The van der Waals surface area contributed by atoms with Gasteiger partial charge in [-0.2, -0.15) is 4.31 Å². The van der Waals surface area contributed by atoms with Crippen molar-refractivity contribution in [1.29, 1.82) is 0 Å². The number of hydrogen-bond donors (Lipinski definition) is 0. The molecule has 1 aromatic heterocycles. The van der Waals surface area contributed by atoms with Gasteiger partial charge in [-0.15, -0.1) is 0 Å². The second-order valence-electron chi connectivity index (χ2n) is 8.92. The van der Waals surface area contributed by atoms with Crippen LogP contribution in [0.25, 0.3) is 11.0 Å². The second kappa shape index (κ2) is 9.31. The van der Waals surface area contributed by atoms with Crippen molar-refractivity contribution in [3.8, 4) is 0 Å².